The van der Waals surface area contributed by atoms with Gasteiger partial charge in [-0.05, 0) is 37.5 Å². The molecule has 0 amide bonds. The summed E-state index contributed by atoms with van der Waals surface area (Å²) in [6.07, 6.45) is 2.62. The average molecular weight is 371 g/mol. The zero-order valence-corrected chi connectivity index (χ0v) is 16.8. The smallest absolute Gasteiger partial charge is 0.191 e. The second-order valence-electron chi connectivity index (χ2n) is 8.10. The quantitative estimate of drug-likeness (QED) is 0.608. The molecule has 2 bridgehead atoms. The van der Waals surface area contributed by atoms with Crippen LogP contribution in [0.15, 0.2) is 29.3 Å². The van der Waals surface area contributed by atoms with E-state index in [2.05, 4.69) is 61.5 Å². The highest BCUT2D eigenvalue weighted by atomic mass is 15.4. The predicted molar refractivity (Wildman–Crippen MR) is 113 cm³/mol. The van der Waals surface area contributed by atoms with Crippen LogP contribution in [0.25, 0.3) is 0 Å². The van der Waals surface area contributed by atoms with Crippen molar-refractivity contribution in [3.05, 3.63) is 29.8 Å². The lowest BCUT2D eigenvalue weighted by Crippen LogP contribution is -2.63. The van der Waals surface area contributed by atoms with Gasteiger partial charge in [0.25, 0.3) is 0 Å². The molecule has 1 aromatic carbocycles. The monoisotopic (exact) mass is 370 g/mol. The van der Waals surface area contributed by atoms with Gasteiger partial charge in [0.2, 0.25) is 0 Å². The van der Waals surface area contributed by atoms with Gasteiger partial charge in [0, 0.05) is 71.1 Å². The molecule has 2 atom stereocenters. The maximum absolute atomic E-state index is 4.45. The van der Waals surface area contributed by atoms with Gasteiger partial charge in [-0.1, -0.05) is 12.1 Å². The van der Waals surface area contributed by atoms with E-state index in [0.29, 0.717) is 6.04 Å². The third-order valence-electron chi connectivity index (χ3n) is 6.32. The van der Waals surface area contributed by atoms with Gasteiger partial charge < -0.3 is 15.5 Å². The second-order valence-corrected chi connectivity index (χ2v) is 8.10. The van der Waals surface area contributed by atoms with E-state index in [-0.39, 0.29) is 6.04 Å². The Balaban J connectivity index is 1.32. The predicted octanol–water partition coefficient (Wildman–Crippen LogP) is 1.51. The Morgan fingerprint density at radius 1 is 1.15 bits per heavy atom. The van der Waals surface area contributed by atoms with Crippen molar-refractivity contribution < 1.29 is 0 Å². The molecule has 0 aromatic heterocycles. The summed E-state index contributed by atoms with van der Waals surface area (Å²) >= 11 is 0. The van der Waals surface area contributed by atoms with Crippen LogP contribution in [0.1, 0.15) is 31.4 Å². The number of hydrogen-bond acceptors (Lipinski definition) is 4. The van der Waals surface area contributed by atoms with E-state index in [4.69, 9.17) is 0 Å². The maximum Gasteiger partial charge on any atom is 0.191 e. The minimum atomic E-state index is 0.227. The molecule has 0 radical (unpaired) electrons. The number of nitrogens with one attached hydrogen (secondary N) is 2. The molecule has 148 valence electrons. The maximum atomic E-state index is 4.45. The SMILES string of the molecule is CN=C(NCC1CN2CCN1CC2)NC(C)c1cccc(N2CCCC2)c1. The van der Waals surface area contributed by atoms with E-state index in [9.17, 15) is 0 Å². The molecular formula is C21H34N6. The van der Waals surface area contributed by atoms with Crippen LogP contribution >= 0.6 is 0 Å². The first-order valence-electron chi connectivity index (χ1n) is 10.5. The van der Waals surface area contributed by atoms with Crippen molar-refractivity contribution in [2.45, 2.75) is 31.8 Å². The molecule has 27 heavy (non-hydrogen) atoms. The molecule has 1 aromatic rings. The van der Waals surface area contributed by atoms with E-state index in [0.717, 1.165) is 12.5 Å². The van der Waals surface area contributed by atoms with Gasteiger partial charge in [0.1, 0.15) is 0 Å². The molecule has 4 aliphatic heterocycles. The molecule has 2 unspecified atom stereocenters. The number of nitrogens with zero attached hydrogens (tertiary/aromatic N) is 4. The molecule has 5 rings (SSSR count). The van der Waals surface area contributed by atoms with Crippen LogP contribution in [0.3, 0.4) is 0 Å². The summed E-state index contributed by atoms with van der Waals surface area (Å²) in [5.74, 6) is 0.895. The molecule has 0 aliphatic carbocycles. The summed E-state index contributed by atoms with van der Waals surface area (Å²) in [6.45, 7) is 11.6. The molecule has 0 saturated carbocycles. The Kier molecular flexibility index (Phi) is 5.83. The highest BCUT2D eigenvalue weighted by Crippen LogP contribution is 2.24. The number of hydrogen-bond donors (Lipinski definition) is 2. The van der Waals surface area contributed by atoms with Crippen LogP contribution in [-0.2, 0) is 0 Å². The molecule has 4 heterocycles. The first kappa shape index (κ1) is 18.6. The highest BCUT2D eigenvalue weighted by molar-refractivity contribution is 5.80. The lowest BCUT2D eigenvalue weighted by molar-refractivity contribution is 0.0154. The Labute approximate surface area is 163 Å². The van der Waals surface area contributed by atoms with E-state index in [1.165, 1.54) is 69.9 Å². The van der Waals surface area contributed by atoms with Crippen LogP contribution in [0.2, 0.25) is 0 Å². The summed E-state index contributed by atoms with van der Waals surface area (Å²) < 4.78 is 0. The Morgan fingerprint density at radius 2 is 1.93 bits per heavy atom. The zero-order chi connectivity index (χ0) is 18.6. The number of aliphatic imine (C=N–C) groups is 1. The fraction of sp³-hybridized carbons (Fsp3) is 0.667. The van der Waals surface area contributed by atoms with Crippen LogP contribution in [0.5, 0.6) is 0 Å². The van der Waals surface area contributed by atoms with Gasteiger partial charge in [-0.2, -0.15) is 0 Å². The highest BCUT2D eigenvalue weighted by Gasteiger charge is 2.31. The normalized spacial score (nSPS) is 29.0. The molecule has 0 spiro atoms. The van der Waals surface area contributed by atoms with Crippen molar-refractivity contribution in [1.82, 2.24) is 20.4 Å². The number of anilines is 1. The van der Waals surface area contributed by atoms with Crippen molar-refractivity contribution in [2.75, 3.05) is 64.3 Å². The van der Waals surface area contributed by atoms with Crippen LogP contribution in [0, 0.1) is 0 Å². The fourth-order valence-electron chi connectivity index (χ4n) is 4.58. The Morgan fingerprint density at radius 3 is 2.59 bits per heavy atom. The minimum Gasteiger partial charge on any atom is -0.372 e. The largest absolute Gasteiger partial charge is 0.372 e. The average Bonchev–Trinajstić information content (AvgIpc) is 3.27. The van der Waals surface area contributed by atoms with Crippen molar-refractivity contribution >= 4 is 11.6 Å². The van der Waals surface area contributed by atoms with Crippen molar-refractivity contribution in [3.63, 3.8) is 0 Å². The van der Waals surface area contributed by atoms with Gasteiger partial charge >= 0.3 is 0 Å². The molecule has 6 heteroatoms. The minimum absolute atomic E-state index is 0.227. The van der Waals surface area contributed by atoms with Gasteiger partial charge in [0.05, 0.1) is 6.04 Å². The second kappa shape index (κ2) is 8.48. The Hall–Kier alpha value is -1.79. The van der Waals surface area contributed by atoms with Crippen LogP contribution in [-0.4, -0.2) is 81.2 Å². The number of rotatable bonds is 5. The van der Waals surface area contributed by atoms with Crippen molar-refractivity contribution in [1.29, 1.82) is 0 Å². The fourth-order valence-corrected chi connectivity index (χ4v) is 4.58. The third kappa shape index (κ3) is 4.38. The van der Waals surface area contributed by atoms with Gasteiger partial charge in [-0.25, -0.2) is 0 Å². The summed E-state index contributed by atoms with van der Waals surface area (Å²) in [5.41, 5.74) is 2.66. The molecule has 2 N–H and O–H groups in total. The van der Waals surface area contributed by atoms with Gasteiger partial charge in [-0.3, -0.25) is 14.8 Å². The van der Waals surface area contributed by atoms with Crippen molar-refractivity contribution in [2.24, 2.45) is 4.99 Å². The molecule has 6 nitrogen and oxygen atoms in total. The standard InChI is InChI=1S/C21H34N6/c1-17(18-6-5-7-19(14-18)26-8-3-4-9-26)24-21(22-2)23-15-20-16-25-10-12-27(20)13-11-25/h5-7,14,17,20H,3-4,8-13,15-16H2,1-2H3,(H2,22,23,24). The van der Waals surface area contributed by atoms with Gasteiger partial charge in [0.15, 0.2) is 5.96 Å². The lowest BCUT2D eigenvalue weighted by Gasteiger charge is -2.47. The first-order chi connectivity index (χ1) is 13.2. The summed E-state index contributed by atoms with van der Waals surface area (Å²) in [5, 5.41) is 7.13. The van der Waals surface area contributed by atoms with E-state index < -0.39 is 0 Å². The van der Waals surface area contributed by atoms with Gasteiger partial charge in [-0.15, -0.1) is 0 Å². The van der Waals surface area contributed by atoms with Crippen molar-refractivity contribution in [3.8, 4) is 0 Å². The molecule has 4 fully saturated rings. The number of guanidine groups is 1. The summed E-state index contributed by atoms with van der Waals surface area (Å²) in [7, 11) is 1.86. The summed E-state index contributed by atoms with van der Waals surface area (Å²) in [6, 6.07) is 9.78. The van der Waals surface area contributed by atoms with E-state index in [1.54, 1.807) is 0 Å². The zero-order valence-electron chi connectivity index (χ0n) is 16.8. The molecule has 4 saturated heterocycles. The summed E-state index contributed by atoms with van der Waals surface area (Å²) in [4.78, 5) is 12.1. The molecule has 4 aliphatic rings. The van der Waals surface area contributed by atoms with Crippen LogP contribution < -0.4 is 15.5 Å². The topological polar surface area (TPSA) is 46.1 Å². The number of piperazine rings is 3. The van der Waals surface area contributed by atoms with Crippen LogP contribution in [0.4, 0.5) is 5.69 Å². The number of benzene rings is 1. The third-order valence-corrected chi connectivity index (χ3v) is 6.32. The lowest BCUT2D eigenvalue weighted by atomic mass is 10.1. The first-order valence-corrected chi connectivity index (χ1v) is 10.5. The molecular weight excluding hydrogens is 336 g/mol. The number of fused-ring (bicyclic) bond motifs is 3. The van der Waals surface area contributed by atoms with E-state index >= 15 is 0 Å². The van der Waals surface area contributed by atoms with E-state index in [1.807, 2.05) is 7.05 Å². The Bertz CT molecular complexity index is 646.